The zero-order valence-corrected chi connectivity index (χ0v) is 10.7. The molecule has 0 bridgehead atoms. The van der Waals surface area contributed by atoms with Crippen molar-refractivity contribution < 1.29 is 9.90 Å². The average molecular weight is 257 g/mol. The maximum Gasteiger partial charge on any atom is 0.336 e. The molecule has 0 unspecified atom stereocenters. The third-order valence-electron chi connectivity index (χ3n) is 3.66. The van der Waals surface area contributed by atoms with E-state index in [2.05, 4.69) is 21.8 Å². The summed E-state index contributed by atoms with van der Waals surface area (Å²) >= 11 is 0. The largest absolute Gasteiger partial charge is 0.478 e. The molecular formula is C14H15N3O2. The van der Waals surface area contributed by atoms with Gasteiger partial charge < -0.3 is 10.0 Å². The lowest BCUT2D eigenvalue weighted by molar-refractivity contribution is 0.0699. The minimum atomic E-state index is -0.947. The highest BCUT2D eigenvalue weighted by atomic mass is 16.4. The van der Waals surface area contributed by atoms with E-state index < -0.39 is 5.97 Å². The molecule has 19 heavy (non-hydrogen) atoms. The van der Waals surface area contributed by atoms with E-state index in [-0.39, 0.29) is 5.56 Å². The van der Waals surface area contributed by atoms with Crippen LogP contribution >= 0.6 is 0 Å². The Hall–Kier alpha value is -2.17. The fourth-order valence-corrected chi connectivity index (χ4v) is 2.38. The fourth-order valence-electron chi connectivity index (χ4n) is 2.38. The van der Waals surface area contributed by atoms with Crippen LogP contribution in [-0.2, 0) is 0 Å². The number of aromatic carboxylic acids is 1. The summed E-state index contributed by atoms with van der Waals surface area (Å²) in [5.74, 6) is 0.473. The third kappa shape index (κ3) is 2.01. The molecule has 1 aliphatic rings. The molecule has 1 fully saturated rings. The van der Waals surface area contributed by atoms with Crippen molar-refractivity contribution in [3.05, 3.63) is 30.0 Å². The summed E-state index contributed by atoms with van der Waals surface area (Å²) in [6, 6.07) is 5.11. The van der Waals surface area contributed by atoms with Gasteiger partial charge in [0.2, 0.25) is 5.95 Å². The molecule has 1 saturated heterocycles. The number of hydrogen-bond donors (Lipinski definition) is 1. The van der Waals surface area contributed by atoms with E-state index in [0.717, 1.165) is 19.0 Å². The molecule has 5 nitrogen and oxygen atoms in total. The quantitative estimate of drug-likeness (QED) is 0.912. The van der Waals surface area contributed by atoms with Crippen molar-refractivity contribution in [2.24, 2.45) is 5.92 Å². The van der Waals surface area contributed by atoms with E-state index in [1.807, 2.05) is 6.07 Å². The van der Waals surface area contributed by atoms with Crippen LogP contribution in [0.3, 0.4) is 0 Å². The first-order valence-electron chi connectivity index (χ1n) is 6.43. The second-order valence-electron chi connectivity index (χ2n) is 4.89. The molecule has 0 radical (unpaired) electrons. The number of fused-ring (bicyclic) bond motifs is 1. The second kappa shape index (κ2) is 4.50. The molecule has 0 amide bonds. The Morgan fingerprint density at radius 3 is 2.95 bits per heavy atom. The molecule has 1 aromatic heterocycles. The molecule has 1 aromatic carbocycles. The number of carbonyl (C=O) groups is 1. The summed E-state index contributed by atoms with van der Waals surface area (Å²) in [6.45, 7) is 4.16. The van der Waals surface area contributed by atoms with Crippen LogP contribution in [0.5, 0.6) is 0 Å². The normalized spacial score (nSPS) is 15.5. The van der Waals surface area contributed by atoms with Crippen LogP contribution in [0.4, 0.5) is 5.95 Å². The van der Waals surface area contributed by atoms with Crippen LogP contribution in [0, 0.1) is 5.92 Å². The number of carboxylic acid groups (broad SMARTS) is 1. The predicted molar refractivity (Wildman–Crippen MR) is 72.5 cm³/mol. The highest BCUT2D eigenvalue weighted by Gasteiger charge is 2.27. The molecule has 98 valence electrons. The Morgan fingerprint density at radius 1 is 1.47 bits per heavy atom. The molecule has 5 heteroatoms. The van der Waals surface area contributed by atoms with Crippen molar-refractivity contribution in [3.8, 4) is 0 Å². The monoisotopic (exact) mass is 257 g/mol. The minimum absolute atomic E-state index is 0.249. The summed E-state index contributed by atoms with van der Waals surface area (Å²) in [6.07, 6.45) is 2.79. The lowest BCUT2D eigenvalue weighted by Crippen LogP contribution is -2.47. The number of hydrogen-bond acceptors (Lipinski definition) is 4. The van der Waals surface area contributed by atoms with Gasteiger partial charge in [-0.05, 0) is 24.5 Å². The summed E-state index contributed by atoms with van der Waals surface area (Å²) < 4.78 is 0. The molecule has 3 rings (SSSR count). The topological polar surface area (TPSA) is 66.3 Å². The summed E-state index contributed by atoms with van der Waals surface area (Å²) in [5.41, 5.74) is 0.934. The fraction of sp³-hybridized carbons (Fsp3) is 0.357. The summed E-state index contributed by atoms with van der Waals surface area (Å²) in [7, 11) is 0. The van der Waals surface area contributed by atoms with Crippen molar-refractivity contribution in [2.45, 2.75) is 13.3 Å². The number of benzene rings is 1. The second-order valence-corrected chi connectivity index (χ2v) is 4.89. The van der Waals surface area contributed by atoms with Gasteiger partial charge in [-0.3, -0.25) is 0 Å². The Labute approximate surface area is 110 Å². The minimum Gasteiger partial charge on any atom is -0.478 e. The summed E-state index contributed by atoms with van der Waals surface area (Å²) in [5, 5.41) is 9.71. The van der Waals surface area contributed by atoms with Crippen LogP contribution in [0.2, 0.25) is 0 Å². The van der Waals surface area contributed by atoms with Gasteiger partial charge in [-0.15, -0.1) is 0 Å². The van der Waals surface area contributed by atoms with Gasteiger partial charge in [0.15, 0.2) is 0 Å². The van der Waals surface area contributed by atoms with Gasteiger partial charge >= 0.3 is 5.97 Å². The molecule has 0 atom stereocenters. The standard InChI is InChI=1S/C14H15N3O2/c1-2-9-7-17(8-9)14-15-6-11-10(13(18)19)4-3-5-12(11)16-14/h3-6,9H,2,7-8H2,1H3,(H,18,19). The molecule has 0 aliphatic carbocycles. The van der Waals surface area contributed by atoms with Gasteiger partial charge in [-0.25, -0.2) is 14.8 Å². The Morgan fingerprint density at radius 2 is 2.26 bits per heavy atom. The number of nitrogens with zero attached hydrogens (tertiary/aromatic N) is 3. The van der Waals surface area contributed by atoms with Gasteiger partial charge in [0.25, 0.3) is 0 Å². The van der Waals surface area contributed by atoms with Crippen molar-refractivity contribution >= 4 is 22.8 Å². The Kier molecular flexibility index (Phi) is 2.81. The molecular weight excluding hydrogens is 242 g/mol. The first kappa shape index (κ1) is 11.9. The number of anilines is 1. The maximum absolute atomic E-state index is 11.1. The van der Waals surface area contributed by atoms with Crippen LogP contribution in [-0.4, -0.2) is 34.1 Å². The van der Waals surface area contributed by atoms with Crippen molar-refractivity contribution in [1.29, 1.82) is 0 Å². The first-order valence-corrected chi connectivity index (χ1v) is 6.43. The predicted octanol–water partition coefficient (Wildman–Crippen LogP) is 2.17. The smallest absolute Gasteiger partial charge is 0.336 e. The van der Waals surface area contributed by atoms with E-state index in [1.54, 1.807) is 18.3 Å². The Balaban J connectivity index is 1.96. The highest BCUT2D eigenvalue weighted by molar-refractivity contribution is 6.02. The van der Waals surface area contributed by atoms with Gasteiger partial charge in [-0.2, -0.15) is 0 Å². The van der Waals surface area contributed by atoms with Gasteiger partial charge in [0.05, 0.1) is 11.1 Å². The lowest BCUT2D eigenvalue weighted by Gasteiger charge is -2.38. The molecule has 0 spiro atoms. The van der Waals surface area contributed by atoms with Gasteiger partial charge in [0.1, 0.15) is 0 Å². The average Bonchev–Trinajstić information content (AvgIpc) is 2.36. The number of carboxylic acids is 1. The lowest BCUT2D eigenvalue weighted by atomic mass is 9.98. The zero-order valence-electron chi connectivity index (χ0n) is 10.7. The first-order chi connectivity index (χ1) is 9.19. The molecule has 0 saturated carbocycles. The Bertz CT molecular complexity index is 636. The van der Waals surface area contributed by atoms with Crippen molar-refractivity contribution in [1.82, 2.24) is 9.97 Å². The van der Waals surface area contributed by atoms with Gasteiger partial charge in [-0.1, -0.05) is 13.0 Å². The zero-order chi connectivity index (χ0) is 13.4. The number of aromatic nitrogens is 2. The molecule has 2 heterocycles. The SMILES string of the molecule is CCC1CN(c2ncc3c(C(=O)O)cccc3n2)C1. The number of rotatable bonds is 3. The van der Waals surface area contributed by atoms with E-state index >= 15 is 0 Å². The molecule has 1 aliphatic heterocycles. The van der Waals surface area contributed by atoms with E-state index in [1.165, 1.54) is 6.42 Å². The van der Waals surface area contributed by atoms with E-state index in [0.29, 0.717) is 16.9 Å². The van der Waals surface area contributed by atoms with Crippen molar-refractivity contribution in [2.75, 3.05) is 18.0 Å². The van der Waals surface area contributed by atoms with Crippen LogP contribution in [0.25, 0.3) is 10.9 Å². The molecule has 1 N–H and O–H groups in total. The van der Waals surface area contributed by atoms with Crippen molar-refractivity contribution in [3.63, 3.8) is 0 Å². The molecule has 2 aromatic rings. The van der Waals surface area contributed by atoms with E-state index in [9.17, 15) is 4.79 Å². The van der Waals surface area contributed by atoms with E-state index in [4.69, 9.17) is 5.11 Å². The van der Waals surface area contributed by atoms with Gasteiger partial charge in [0, 0.05) is 24.7 Å². The summed E-state index contributed by atoms with van der Waals surface area (Å²) in [4.78, 5) is 22.0. The van der Waals surface area contributed by atoms with Crippen LogP contribution in [0.1, 0.15) is 23.7 Å². The van der Waals surface area contributed by atoms with Crippen LogP contribution in [0.15, 0.2) is 24.4 Å². The third-order valence-corrected chi connectivity index (χ3v) is 3.66. The highest BCUT2D eigenvalue weighted by Crippen LogP contribution is 2.25. The van der Waals surface area contributed by atoms with Crippen LogP contribution < -0.4 is 4.90 Å². The maximum atomic E-state index is 11.1.